The molecule has 1 atom stereocenters. The molecule has 3 aliphatic heterocycles. The molecule has 30 heavy (non-hydrogen) atoms. The quantitative estimate of drug-likeness (QED) is 0.785. The second-order valence-corrected chi connectivity index (χ2v) is 10.3. The molecule has 3 heterocycles. The molecule has 4 rings (SSSR count). The van der Waals surface area contributed by atoms with Crippen LogP contribution in [-0.2, 0) is 19.6 Å². The maximum Gasteiger partial charge on any atom is 0.265 e. The van der Waals surface area contributed by atoms with Crippen LogP contribution in [0, 0.1) is 12.8 Å². The molecule has 0 spiro atoms. The number of piperidine rings is 2. The van der Waals surface area contributed by atoms with E-state index in [9.17, 15) is 18.0 Å². The Balaban J connectivity index is 1.48. The fourth-order valence-electron chi connectivity index (χ4n) is 4.48. The fraction of sp³-hybridized carbons (Fsp3) is 0.619. The Kier molecular flexibility index (Phi) is 5.76. The van der Waals surface area contributed by atoms with E-state index in [0.29, 0.717) is 42.9 Å². The van der Waals surface area contributed by atoms with Gasteiger partial charge in [0.2, 0.25) is 15.9 Å². The van der Waals surface area contributed by atoms with Crippen molar-refractivity contribution in [3.8, 4) is 5.75 Å². The van der Waals surface area contributed by atoms with Crippen LogP contribution in [0.4, 0.5) is 5.69 Å². The van der Waals surface area contributed by atoms with Gasteiger partial charge in [-0.15, -0.1) is 0 Å². The summed E-state index contributed by atoms with van der Waals surface area (Å²) in [5, 5.41) is 2.74. The number of amides is 2. The van der Waals surface area contributed by atoms with E-state index < -0.39 is 16.1 Å². The molecule has 0 aliphatic carbocycles. The predicted molar refractivity (Wildman–Crippen MR) is 112 cm³/mol. The Hall–Kier alpha value is -2.13. The zero-order valence-corrected chi connectivity index (χ0v) is 18.3. The first-order chi connectivity index (χ1) is 14.3. The average molecular weight is 436 g/mol. The molecule has 0 unspecified atom stereocenters. The van der Waals surface area contributed by atoms with Crippen molar-refractivity contribution in [2.75, 3.05) is 31.5 Å². The van der Waals surface area contributed by atoms with Crippen LogP contribution in [0.3, 0.4) is 0 Å². The first-order valence-corrected chi connectivity index (χ1v) is 12.1. The van der Waals surface area contributed by atoms with Crippen molar-refractivity contribution in [2.24, 2.45) is 5.92 Å². The number of benzene rings is 1. The maximum absolute atomic E-state index is 13.3. The Morgan fingerprint density at radius 1 is 1.10 bits per heavy atom. The number of nitrogens with one attached hydrogen (secondary N) is 1. The largest absolute Gasteiger partial charge is 0.479 e. The summed E-state index contributed by atoms with van der Waals surface area (Å²) in [5.74, 6) is 0.188. The van der Waals surface area contributed by atoms with Crippen LogP contribution in [0.2, 0.25) is 0 Å². The van der Waals surface area contributed by atoms with Crippen molar-refractivity contribution in [2.45, 2.75) is 57.0 Å². The summed E-state index contributed by atoms with van der Waals surface area (Å²) in [5.41, 5.74) is 1.04. The van der Waals surface area contributed by atoms with Gasteiger partial charge in [-0.25, -0.2) is 8.42 Å². The number of nitrogens with zero attached hydrogens (tertiary/aromatic N) is 2. The molecule has 8 nitrogen and oxygen atoms in total. The Labute approximate surface area is 177 Å². The summed E-state index contributed by atoms with van der Waals surface area (Å²) in [6, 6.07) is 3.14. The fourth-order valence-corrected chi connectivity index (χ4v) is 6.17. The van der Waals surface area contributed by atoms with Gasteiger partial charge in [-0.1, -0.05) is 0 Å². The molecular weight excluding hydrogens is 406 g/mol. The second-order valence-electron chi connectivity index (χ2n) is 8.43. The Morgan fingerprint density at radius 2 is 1.77 bits per heavy atom. The Bertz CT molecular complexity index is 948. The number of rotatable bonds is 3. The summed E-state index contributed by atoms with van der Waals surface area (Å²) in [4.78, 5) is 26.7. The molecule has 1 N–H and O–H groups in total. The molecule has 0 bridgehead atoms. The molecule has 2 amide bonds. The van der Waals surface area contributed by atoms with E-state index in [2.05, 4.69) is 5.32 Å². The molecular formula is C21H29N3O5S. The minimum atomic E-state index is -3.72. The van der Waals surface area contributed by atoms with Crippen LogP contribution in [0.25, 0.3) is 0 Å². The average Bonchev–Trinajstić information content (AvgIpc) is 2.74. The number of carbonyl (C=O) groups excluding carboxylic acids is 2. The Morgan fingerprint density at radius 3 is 2.43 bits per heavy atom. The summed E-state index contributed by atoms with van der Waals surface area (Å²) < 4.78 is 33.7. The molecule has 2 saturated heterocycles. The van der Waals surface area contributed by atoms with Gasteiger partial charge in [0.05, 0.1) is 10.6 Å². The monoisotopic (exact) mass is 435 g/mol. The lowest BCUT2D eigenvalue weighted by atomic mass is 9.95. The van der Waals surface area contributed by atoms with Gasteiger partial charge in [-0.05, 0) is 57.6 Å². The zero-order chi connectivity index (χ0) is 21.5. The number of likely N-dealkylation sites (tertiary alicyclic amines) is 1. The van der Waals surface area contributed by atoms with Crippen molar-refractivity contribution in [3.63, 3.8) is 0 Å². The lowest BCUT2D eigenvalue weighted by Gasteiger charge is -2.35. The number of aryl methyl sites for hydroxylation is 1. The second kappa shape index (κ2) is 8.19. The van der Waals surface area contributed by atoms with Crippen molar-refractivity contribution < 1.29 is 22.7 Å². The number of hydrogen-bond acceptors (Lipinski definition) is 5. The summed E-state index contributed by atoms with van der Waals surface area (Å²) >= 11 is 0. The standard InChI is InChI=1S/C21H29N3O5S/c1-14-12-17-18(29-15(2)20(25)22-17)13-19(14)30(27,28)24-10-6-16(7-11-24)21(26)23-8-4-3-5-9-23/h12-13,15-16H,3-11H2,1-2H3,(H,22,25)/t15-/m0/s1. The summed E-state index contributed by atoms with van der Waals surface area (Å²) in [6.07, 6.45) is 3.69. The highest BCUT2D eigenvalue weighted by Crippen LogP contribution is 2.36. The minimum Gasteiger partial charge on any atom is -0.479 e. The highest BCUT2D eigenvalue weighted by Gasteiger charge is 2.36. The van der Waals surface area contributed by atoms with E-state index in [-0.39, 0.29) is 22.6 Å². The topological polar surface area (TPSA) is 96.0 Å². The number of anilines is 1. The van der Waals surface area contributed by atoms with Gasteiger partial charge in [0.15, 0.2) is 6.10 Å². The molecule has 0 saturated carbocycles. The van der Waals surface area contributed by atoms with E-state index >= 15 is 0 Å². The van der Waals surface area contributed by atoms with Gasteiger partial charge >= 0.3 is 0 Å². The van der Waals surface area contributed by atoms with E-state index in [1.807, 2.05) is 4.90 Å². The lowest BCUT2D eigenvalue weighted by molar-refractivity contribution is -0.137. The van der Waals surface area contributed by atoms with Crippen molar-refractivity contribution in [1.29, 1.82) is 0 Å². The van der Waals surface area contributed by atoms with Crippen LogP contribution in [0.5, 0.6) is 5.75 Å². The summed E-state index contributed by atoms with van der Waals surface area (Å²) in [7, 11) is -3.72. The van der Waals surface area contributed by atoms with Gasteiger partial charge in [0.1, 0.15) is 5.75 Å². The maximum atomic E-state index is 13.3. The van der Waals surface area contributed by atoms with Gasteiger partial charge in [-0.3, -0.25) is 9.59 Å². The lowest BCUT2D eigenvalue weighted by Crippen LogP contribution is -2.45. The van der Waals surface area contributed by atoms with E-state index in [0.717, 1.165) is 25.9 Å². The van der Waals surface area contributed by atoms with E-state index in [1.54, 1.807) is 19.9 Å². The molecule has 3 aliphatic rings. The number of carbonyl (C=O) groups is 2. The van der Waals surface area contributed by atoms with Crippen LogP contribution >= 0.6 is 0 Å². The number of fused-ring (bicyclic) bond motifs is 1. The van der Waals surface area contributed by atoms with Gasteiger partial charge < -0.3 is 15.0 Å². The first-order valence-electron chi connectivity index (χ1n) is 10.7. The van der Waals surface area contributed by atoms with E-state index in [4.69, 9.17) is 4.74 Å². The van der Waals surface area contributed by atoms with Crippen LogP contribution < -0.4 is 10.1 Å². The van der Waals surface area contributed by atoms with Crippen molar-refractivity contribution in [3.05, 3.63) is 17.7 Å². The number of hydrogen-bond donors (Lipinski definition) is 1. The third kappa shape index (κ3) is 3.92. The van der Waals surface area contributed by atoms with Gasteiger partial charge in [0, 0.05) is 38.2 Å². The first kappa shape index (κ1) is 21.1. The molecule has 164 valence electrons. The van der Waals surface area contributed by atoms with Crippen molar-refractivity contribution in [1.82, 2.24) is 9.21 Å². The van der Waals surface area contributed by atoms with Crippen LogP contribution in [0.15, 0.2) is 17.0 Å². The highest BCUT2D eigenvalue weighted by atomic mass is 32.2. The van der Waals surface area contributed by atoms with Gasteiger partial charge in [0.25, 0.3) is 5.91 Å². The zero-order valence-electron chi connectivity index (χ0n) is 17.5. The third-order valence-electron chi connectivity index (χ3n) is 6.30. The molecule has 0 aromatic heterocycles. The van der Waals surface area contributed by atoms with E-state index in [1.165, 1.54) is 16.8 Å². The predicted octanol–water partition coefficient (Wildman–Crippen LogP) is 2.13. The SMILES string of the molecule is Cc1cc2c(cc1S(=O)(=O)N1CCC(C(=O)N3CCCCC3)CC1)O[C@@H](C)C(=O)N2. The molecule has 2 fully saturated rings. The molecule has 0 radical (unpaired) electrons. The van der Waals surface area contributed by atoms with Gasteiger partial charge in [-0.2, -0.15) is 4.31 Å². The third-order valence-corrected chi connectivity index (χ3v) is 8.34. The molecule has 1 aromatic carbocycles. The van der Waals surface area contributed by atoms with Crippen molar-refractivity contribution >= 4 is 27.5 Å². The summed E-state index contributed by atoms with van der Waals surface area (Å²) in [6.45, 7) is 5.63. The highest BCUT2D eigenvalue weighted by molar-refractivity contribution is 7.89. The number of sulfonamides is 1. The molecule has 9 heteroatoms. The number of ether oxygens (including phenoxy) is 1. The molecule has 1 aromatic rings. The smallest absolute Gasteiger partial charge is 0.265 e. The minimum absolute atomic E-state index is 0.0985. The normalized spacial score (nSPS) is 23.5. The van der Waals surface area contributed by atoms with Crippen LogP contribution in [-0.4, -0.2) is 61.7 Å². The van der Waals surface area contributed by atoms with Crippen LogP contribution in [0.1, 0.15) is 44.6 Å².